The largest absolute Gasteiger partial charge is 0.506 e. The van der Waals surface area contributed by atoms with Crippen LogP contribution in [0.25, 0.3) is 22.0 Å². The number of likely N-dealkylation sites (tertiary alicyclic amines) is 1. The van der Waals surface area contributed by atoms with Crippen molar-refractivity contribution in [3.8, 4) is 16.9 Å². The van der Waals surface area contributed by atoms with E-state index in [2.05, 4.69) is 25.8 Å². The van der Waals surface area contributed by atoms with E-state index in [0.29, 0.717) is 53.6 Å². The smallest absolute Gasteiger partial charge is 0.411 e. The number of piperidine rings is 1. The van der Waals surface area contributed by atoms with Crippen molar-refractivity contribution in [1.82, 2.24) is 15.2 Å². The molecule has 0 unspecified atom stereocenters. The maximum atomic E-state index is 12.7. The number of carbonyl (C=O) groups is 2. The number of amides is 2. The monoisotopic (exact) mass is 689 g/mol. The molecule has 2 amide bonds. The quantitative estimate of drug-likeness (QED) is 0.0889. The van der Waals surface area contributed by atoms with Gasteiger partial charge in [0.1, 0.15) is 11.9 Å². The number of rotatable bonds is 12. The highest BCUT2D eigenvalue weighted by Gasteiger charge is 2.23. The number of hydrogen-bond donors (Lipinski definition) is 6. The normalized spacial score (nSPS) is 14.9. The van der Waals surface area contributed by atoms with E-state index in [1.807, 2.05) is 85.8 Å². The Morgan fingerprint density at radius 3 is 2.39 bits per heavy atom. The molecule has 0 bridgehead atoms. The number of nitrogens with one attached hydrogen (secondary N) is 4. The number of anilines is 2. The number of phenols is 1. The first-order valence-electron chi connectivity index (χ1n) is 17.2. The molecule has 1 aliphatic heterocycles. The maximum Gasteiger partial charge on any atom is 0.411 e. The Hall–Kier alpha value is -5.49. The Balaban J connectivity index is 0.903. The van der Waals surface area contributed by atoms with Gasteiger partial charge in [-0.05, 0) is 66.8 Å². The number of aromatic amines is 1. The Morgan fingerprint density at radius 2 is 1.63 bits per heavy atom. The summed E-state index contributed by atoms with van der Waals surface area (Å²) in [4.78, 5) is 42.0. The van der Waals surface area contributed by atoms with E-state index in [9.17, 15) is 24.6 Å². The zero-order valence-electron chi connectivity index (χ0n) is 28.5. The third-order valence-corrected chi connectivity index (χ3v) is 9.29. The number of ether oxygens (including phenoxy) is 1. The Bertz CT molecular complexity index is 2010. The summed E-state index contributed by atoms with van der Waals surface area (Å²) in [6, 6.07) is 31.1. The molecule has 6 N–H and O–H groups in total. The van der Waals surface area contributed by atoms with Crippen LogP contribution >= 0.6 is 0 Å². The number of fused-ring (bicyclic) bond motifs is 1. The van der Waals surface area contributed by atoms with E-state index in [0.717, 1.165) is 29.8 Å². The third-order valence-electron chi connectivity index (χ3n) is 9.29. The average molecular weight is 690 g/mol. The average Bonchev–Trinajstić information content (AvgIpc) is 3.14. The SMILES string of the molecule is C[C@H](NC[C@H](O)c1ccc(O)c2[nH]c(=O)ccc12)c1ccc(NC(=O)CCN2CCC(OC(=O)Nc3ccccc3-c3ccccc3)CC2)cc1. The van der Waals surface area contributed by atoms with E-state index in [-0.39, 0.29) is 35.9 Å². The van der Waals surface area contributed by atoms with Crippen molar-refractivity contribution >= 4 is 34.3 Å². The third kappa shape index (κ3) is 9.20. The lowest BCUT2D eigenvalue weighted by atomic mass is 10.0. The lowest BCUT2D eigenvalue weighted by Gasteiger charge is -2.31. The molecule has 0 radical (unpaired) electrons. The number of aliphatic hydroxyl groups excluding tert-OH is 1. The summed E-state index contributed by atoms with van der Waals surface area (Å²) in [7, 11) is 0. The van der Waals surface area contributed by atoms with Crippen molar-refractivity contribution in [1.29, 1.82) is 0 Å². The molecule has 1 aliphatic rings. The molecule has 0 spiro atoms. The van der Waals surface area contributed by atoms with E-state index < -0.39 is 12.2 Å². The number of aromatic hydroxyl groups is 1. The minimum Gasteiger partial charge on any atom is -0.506 e. The predicted molar refractivity (Wildman–Crippen MR) is 199 cm³/mol. The number of para-hydroxylation sites is 1. The van der Waals surface area contributed by atoms with Gasteiger partial charge >= 0.3 is 6.09 Å². The van der Waals surface area contributed by atoms with Crippen LogP contribution in [0.5, 0.6) is 5.75 Å². The predicted octanol–water partition coefficient (Wildman–Crippen LogP) is 6.33. The van der Waals surface area contributed by atoms with Crippen LogP contribution in [-0.2, 0) is 9.53 Å². The number of nitrogens with zero attached hydrogens (tertiary/aromatic N) is 1. The summed E-state index contributed by atoms with van der Waals surface area (Å²) in [5.41, 5.74) is 4.90. The highest BCUT2D eigenvalue weighted by atomic mass is 16.6. The van der Waals surface area contributed by atoms with Crippen LogP contribution in [0.15, 0.2) is 108 Å². The topological polar surface area (TPSA) is 156 Å². The lowest BCUT2D eigenvalue weighted by Crippen LogP contribution is -2.39. The number of aromatic nitrogens is 1. The van der Waals surface area contributed by atoms with Gasteiger partial charge in [0, 0.05) is 61.3 Å². The molecule has 4 aromatic carbocycles. The van der Waals surface area contributed by atoms with Crippen LogP contribution in [0.4, 0.5) is 16.2 Å². The van der Waals surface area contributed by atoms with Gasteiger partial charge in [0.25, 0.3) is 0 Å². The maximum absolute atomic E-state index is 12.7. The molecule has 11 heteroatoms. The number of pyridine rings is 1. The lowest BCUT2D eigenvalue weighted by molar-refractivity contribution is -0.116. The highest BCUT2D eigenvalue weighted by molar-refractivity contribution is 5.92. The molecule has 1 saturated heterocycles. The van der Waals surface area contributed by atoms with Gasteiger partial charge < -0.3 is 35.5 Å². The van der Waals surface area contributed by atoms with Gasteiger partial charge in [0.15, 0.2) is 0 Å². The van der Waals surface area contributed by atoms with Gasteiger partial charge in [0.05, 0.1) is 17.3 Å². The number of benzene rings is 4. The molecule has 0 saturated carbocycles. The van der Waals surface area contributed by atoms with Crippen molar-refractivity contribution < 1.29 is 24.5 Å². The molecular formula is C40H43N5O6. The molecule has 264 valence electrons. The van der Waals surface area contributed by atoms with Gasteiger partial charge in [-0.15, -0.1) is 0 Å². The van der Waals surface area contributed by atoms with Gasteiger partial charge in [-0.3, -0.25) is 14.9 Å². The Kier molecular flexibility index (Phi) is 11.4. The molecule has 1 aromatic heterocycles. The molecule has 2 atom stereocenters. The fraction of sp³-hybridized carbons (Fsp3) is 0.275. The van der Waals surface area contributed by atoms with Crippen LogP contribution in [0.1, 0.15) is 49.5 Å². The van der Waals surface area contributed by atoms with Gasteiger partial charge in [-0.25, -0.2) is 4.79 Å². The minimum absolute atomic E-state index is 0.0532. The van der Waals surface area contributed by atoms with Crippen molar-refractivity contribution in [2.24, 2.45) is 0 Å². The standard InChI is InChI=1S/C40H43N5O6/c1-26(41-25-36(47)32-15-17-35(46)39-33(32)16-18-37(48)44-39)27-11-13-29(14-12-27)42-38(49)21-24-45-22-19-30(20-23-45)51-40(50)43-34-10-6-5-9-31(34)28-7-3-2-4-8-28/h2-18,26,30,36,41,46-47H,19-25H2,1H3,(H,42,49)(H,43,50)(H,44,48)/t26-,36-/m0/s1. The van der Waals surface area contributed by atoms with Crippen LogP contribution in [-0.4, -0.2) is 64.4 Å². The number of hydrogen-bond acceptors (Lipinski definition) is 8. The second-order valence-electron chi connectivity index (χ2n) is 12.8. The Labute approximate surface area is 296 Å². The molecule has 11 nitrogen and oxygen atoms in total. The number of phenolic OH excluding ortho intramolecular Hbond substituents is 1. The summed E-state index contributed by atoms with van der Waals surface area (Å²) in [5.74, 6) is -0.128. The fourth-order valence-electron chi connectivity index (χ4n) is 6.41. The number of aliphatic hydroxyl groups is 1. The summed E-state index contributed by atoms with van der Waals surface area (Å²) in [5, 5.41) is 30.8. The van der Waals surface area contributed by atoms with Crippen molar-refractivity contribution in [3.63, 3.8) is 0 Å². The van der Waals surface area contributed by atoms with Crippen molar-refractivity contribution in [3.05, 3.63) is 125 Å². The number of H-pyrrole nitrogens is 1. The molecular weight excluding hydrogens is 646 g/mol. The highest BCUT2D eigenvalue weighted by Crippen LogP contribution is 2.30. The van der Waals surface area contributed by atoms with Crippen LogP contribution < -0.4 is 21.5 Å². The van der Waals surface area contributed by atoms with E-state index in [4.69, 9.17) is 4.74 Å². The molecule has 2 heterocycles. The van der Waals surface area contributed by atoms with Gasteiger partial charge in [-0.2, -0.15) is 0 Å². The Morgan fingerprint density at radius 1 is 0.902 bits per heavy atom. The summed E-state index contributed by atoms with van der Waals surface area (Å²) >= 11 is 0. The number of carbonyl (C=O) groups excluding carboxylic acids is 2. The summed E-state index contributed by atoms with van der Waals surface area (Å²) in [6.45, 7) is 4.32. The fourth-order valence-corrected chi connectivity index (χ4v) is 6.41. The first-order chi connectivity index (χ1) is 24.7. The molecule has 6 rings (SSSR count). The van der Waals surface area contributed by atoms with Crippen LogP contribution in [0.3, 0.4) is 0 Å². The second-order valence-corrected chi connectivity index (χ2v) is 12.8. The summed E-state index contributed by atoms with van der Waals surface area (Å²) < 4.78 is 5.74. The molecule has 5 aromatic rings. The van der Waals surface area contributed by atoms with Crippen molar-refractivity contribution in [2.45, 2.75) is 44.4 Å². The van der Waals surface area contributed by atoms with Crippen molar-refractivity contribution in [2.75, 3.05) is 36.8 Å². The first kappa shape index (κ1) is 35.3. The summed E-state index contributed by atoms with van der Waals surface area (Å²) in [6.07, 6.45) is 0.231. The van der Waals surface area contributed by atoms with E-state index >= 15 is 0 Å². The minimum atomic E-state index is -0.869. The van der Waals surface area contributed by atoms with Gasteiger partial charge in [-0.1, -0.05) is 66.7 Å². The molecule has 51 heavy (non-hydrogen) atoms. The van der Waals surface area contributed by atoms with E-state index in [1.165, 1.54) is 12.1 Å². The van der Waals surface area contributed by atoms with Crippen LogP contribution in [0.2, 0.25) is 0 Å². The zero-order valence-corrected chi connectivity index (χ0v) is 28.5. The molecule has 1 fully saturated rings. The molecule has 0 aliphatic carbocycles. The first-order valence-corrected chi connectivity index (χ1v) is 17.2. The van der Waals surface area contributed by atoms with Gasteiger partial charge in [0.2, 0.25) is 11.5 Å². The van der Waals surface area contributed by atoms with Crippen LogP contribution in [0, 0.1) is 0 Å². The zero-order chi connectivity index (χ0) is 35.7. The second kappa shape index (κ2) is 16.5. The van der Waals surface area contributed by atoms with E-state index in [1.54, 1.807) is 12.1 Å².